The van der Waals surface area contributed by atoms with Crippen LogP contribution in [0.3, 0.4) is 0 Å². The Morgan fingerprint density at radius 3 is 2.67 bits per heavy atom. The average Bonchev–Trinajstić information content (AvgIpc) is 2.05. The normalized spacial score (nSPS) is 14.0. The highest BCUT2D eigenvalue weighted by Gasteiger charge is 2.01. The van der Waals surface area contributed by atoms with Crippen LogP contribution in [0, 0.1) is 5.92 Å². The maximum atomic E-state index is 10.4. The van der Waals surface area contributed by atoms with E-state index in [0.29, 0.717) is 5.92 Å². The van der Waals surface area contributed by atoms with Crippen LogP contribution in [0.2, 0.25) is 0 Å². The highest BCUT2D eigenvalue weighted by Crippen LogP contribution is 2.14. The van der Waals surface area contributed by atoms with Gasteiger partial charge in [-0.2, -0.15) is 0 Å². The maximum Gasteiger partial charge on any atom is 0.145 e. The van der Waals surface area contributed by atoms with E-state index in [9.17, 15) is 4.79 Å². The van der Waals surface area contributed by atoms with E-state index >= 15 is 0 Å². The molecular formula is C11H18O. The topological polar surface area (TPSA) is 17.1 Å². The van der Waals surface area contributed by atoms with Gasteiger partial charge in [-0.1, -0.05) is 25.5 Å². The van der Waals surface area contributed by atoms with Crippen molar-refractivity contribution in [3.63, 3.8) is 0 Å². The first-order valence-electron chi connectivity index (χ1n) is 4.49. The van der Waals surface area contributed by atoms with Crippen LogP contribution in [0.25, 0.3) is 0 Å². The molecule has 0 aliphatic rings. The van der Waals surface area contributed by atoms with E-state index in [1.54, 1.807) is 0 Å². The van der Waals surface area contributed by atoms with E-state index in [1.807, 2.05) is 19.1 Å². The largest absolute Gasteiger partial charge is 0.298 e. The third-order valence-corrected chi connectivity index (χ3v) is 1.81. The van der Waals surface area contributed by atoms with E-state index in [-0.39, 0.29) is 0 Å². The molecule has 1 unspecified atom stereocenters. The zero-order valence-corrected chi connectivity index (χ0v) is 8.05. The standard InChI is InChI=1S/C11H18O/c1-4-6-11(7-5-2)8-10(3)9-12/h4,8-9,11H,1,5-7H2,2-3H3. The number of hydrogen-bond acceptors (Lipinski definition) is 1. The molecule has 0 aliphatic heterocycles. The Morgan fingerprint density at radius 2 is 2.25 bits per heavy atom. The zero-order chi connectivity index (χ0) is 9.40. The van der Waals surface area contributed by atoms with Gasteiger partial charge in [-0.25, -0.2) is 0 Å². The Morgan fingerprint density at radius 1 is 1.58 bits per heavy atom. The van der Waals surface area contributed by atoms with Crippen LogP contribution in [-0.2, 0) is 4.79 Å². The van der Waals surface area contributed by atoms with Crippen LogP contribution in [0.5, 0.6) is 0 Å². The molecule has 0 radical (unpaired) electrons. The maximum absolute atomic E-state index is 10.4. The molecule has 0 spiro atoms. The van der Waals surface area contributed by atoms with Gasteiger partial charge < -0.3 is 0 Å². The zero-order valence-electron chi connectivity index (χ0n) is 8.05. The number of aldehydes is 1. The second-order valence-electron chi connectivity index (χ2n) is 3.10. The Kier molecular flexibility index (Phi) is 6.35. The molecule has 0 rings (SSSR count). The van der Waals surface area contributed by atoms with Gasteiger partial charge in [0.15, 0.2) is 0 Å². The SMILES string of the molecule is C=CCC(C=C(C)C=O)CCC. The molecule has 0 N–H and O–H groups in total. The molecular weight excluding hydrogens is 148 g/mol. The summed E-state index contributed by atoms with van der Waals surface area (Å²) < 4.78 is 0. The van der Waals surface area contributed by atoms with Crippen LogP contribution in [0.4, 0.5) is 0 Å². The third-order valence-electron chi connectivity index (χ3n) is 1.81. The number of carbonyl (C=O) groups excluding carboxylic acids is 1. The van der Waals surface area contributed by atoms with Crippen molar-refractivity contribution in [3.05, 3.63) is 24.3 Å². The van der Waals surface area contributed by atoms with Gasteiger partial charge in [-0.3, -0.25) is 4.79 Å². The first kappa shape index (κ1) is 11.2. The molecule has 12 heavy (non-hydrogen) atoms. The molecule has 0 aromatic carbocycles. The fourth-order valence-corrected chi connectivity index (χ4v) is 1.27. The molecule has 0 aromatic rings. The molecule has 0 heterocycles. The summed E-state index contributed by atoms with van der Waals surface area (Å²) in [6.45, 7) is 7.70. The van der Waals surface area contributed by atoms with E-state index in [1.165, 1.54) is 0 Å². The molecule has 68 valence electrons. The fourth-order valence-electron chi connectivity index (χ4n) is 1.27. The monoisotopic (exact) mass is 166 g/mol. The van der Waals surface area contributed by atoms with Gasteiger partial charge in [-0.05, 0) is 31.3 Å². The van der Waals surface area contributed by atoms with Crippen molar-refractivity contribution in [2.24, 2.45) is 5.92 Å². The highest BCUT2D eigenvalue weighted by atomic mass is 16.1. The van der Waals surface area contributed by atoms with Crippen molar-refractivity contribution < 1.29 is 4.79 Å². The highest BCUT2D eigenvalue weighted by molar-refractivity contribution is 5.72. The molecule has 1 heteroatoms. The summed E-state index contributed by atoms with van der Waals surface area (Å²) in [5.41, 5.74) is 0.829. The van der Waals surface area contributed by atoms with Crippen molar-refractivity contribution >= 4 is 6.29 Å². The molecule has 0 saturated heterocycles. The average molecular weight is 166 g/mol. The summed E-state index contributed by atoms with van der Waals surface area (Å²) in [5.74, 6) is 0.498. The third kappa shape index (κ3) is 4.89. The predicted octanol–water partition coefficient (Wildman–Crippen LogP) is 3.12. The summed E-state index contributed by atoms with van der Waals surface area (Å²) in [6, 6.07) is 0. The van der Waals surface area contributed by atoms with Crippen molar-refractivity contribution in [3.8, 4) is 0 Å². The van der Waals surface area contributed by atoms with Gasteiger partial charge in [0.2, 0.25) is 0 Å². The second kappa shape index (κ2) is 6.84. The predicted molar refractivity (Wildman–Crippen MR) is 53.0 cm³/mol. The Balaban J connectivity index is 4.09. The minimum absolute atomic E-state index is 0.498. The van der Waals surface area contributed by atoms with E-state index in [2.05, 4.69) is 13.5 Å². The van der Waals surface area contributed by atoms with E-state index in [4.69, 9.17) is 0 Å². The molecule has 0 amide bonds. The van der Waals surface area contributed by atoms with Crippen LogP contribution in [-0.4, -0.2) is 6.29 Å². The minimum Gasteiger partial charge on any atom is -0.298 e. The van der Waals surface area contributed by atoms with Gasteiger partial charge in [0.05, 0.1) is 0 Å². The number of rotatable bonds is 6. The summed E-state index contributed by atoms with van der Waals surface area (Å²) in [7, 11) is 0. The number of carbonyl (C=O) groups is 1. The van der Waals surface area contributed by atoms with Crippen LogP contribution in [0.15, 0.2) is 24.3 Å². The number of allylic oxidation sites excluding steroid dienone is 3. The van der Waals surface area contributed by atoms with Crippen molar-refractivity contribution in [2.75, 3.05) is 0 Å². The van der Waals surface area contributed by atoms with Gasteiger partial charge >= 0.3 is 0 Å². The lowest BCUT2D eigenvalue weighted by Gasteiger charge is -2.08. The lowest BCUT2D eigenvalue weighted by Crippen LogP contribution is -1.95. The summed E-state index contributed by atoms with van der Waals surface area (Å²) in [5, 5.41) is 0. The first-order valence-corrected chi connectivity index (χ1v) is 4.49. The van der Waals surface area contributed by atoms with Gasteiger partial charge in [0.25, 0.3) is 0 Å². The van der Waals surface area contributed by atoms with E-state index < -0.39 is 0 Å². The summed E-state index contributed by atoms with van der Waals surface area (Å²) >= 11 is 0. The molecule has 0 aromatic heterocycles. The van der Waals surface area contributed by atoms with Crippen LogP contribution < -0.4 is 0 Å². The molecule has 0 fully saturated rings. The Hall–Kier alpha value is -0.850. The first-order chi connectivity index (χ1) is 5.74. The van der Waals surface area contributed by atoms with Gasteiger partial charge in [-0.15, -0.1) is 6.58 Å². The Bertz CT molecular complexity index is 168. The lowest BCUT2D eigenvalue weighted by atomic mass is 9.97. The van der Waals surface area contributed by atoms with Crippen LogP contribution >= 0.6 is 0 Å². The second-order valence-corrected chi connectivity index (χ2v) is 3.10. The smallest absolute Gasteiger partial charge is 0.145 e. The van der Waals surface area contributed by atoms with Crippen LogP contribution in [0.1, 0.15) is 33.1 Å². The van der Waals surface area contributed by atoms with Crippen molar-refractivity contribution in [1.29, 1.82) is 0 Å². The number of hydrogen-bond donors (Lipinski definition) is 0. The lowest BCUT2D eigenvalue weighted by molar-refractivity contribution is -0.104. The molecule has 0 aliphatic carbocycles. The molecule has 1 atom stereocenters. The van der Waals surface area contributed by atoms with Gasteiger partial charge in [0.1, 0.15) is 6.29 Å². The van der Waals surface area contributed by atoms with Crippen molar-refractivity contribution in [1.82, 2.24) is 0 Å². The fraction of sp³-hybridized carbons (Fsp3) is 0.545. The molecule has 0 bridgehead atoms. The summed E-state index contributed by atoms with van der Waals surface area (Å²) in [4.78, 5) is 10.4. The molecule has 0 saturated carbocycles. The minimum atomic E-state index is 0.498. The Labute approximate surface area is 75.2 Å². The van der Waals surface area contributed by atoms with E-state index in [0.717, 1.165) is 31.1 Å². The van der Waals surface area contributed by atoms with Crippen molar-refractivity contribution in [2.45, 2.75) is 33.1 Å². The molecule has 1 nitrogen and oxygen atoms in total. The quantitative estimate of drug-likeness (QED) is 0.336. The summed E-state index contributed by atoms with van der Waals surface area (Å²) in [6.07, 6.45) is 8.12. The van der Waals surface area contributed by atoms with Gasteiger partial charge in [0, 0.05) is 0 Å².